The average Bonchev–Trinajstić information content (AvgIpc) is 2.91. The summed E-state index contributed by atoms with van der Waals surface area (Å²) in [5.41, 5.74) is 0.147. The lowest BCUT2D eigenvalue weighted by Gasteiger charge is -2.26. The minimum Gasteiger partial charge on any atom is -0.469 e. The number of ether oxygens (including phenoxy) is 1. The van der Waals surface area contributed by atoms with Gasteiger partial charge in [0.05, 0.1) is 19.7 Å². The van der Waals surface area contributed by atoms with Crippen molar-refractivity contribution < 1.29 is 14.3 Å². The first-order valence-electron chi connectivity index (χ1n) is 7.58. The Bertz CT molecular complexity index is 808. The third kappa shape index (κ3) is 3.61. The van der Waals surface area contributed by atoms with Crippen LogP contribution in [0.2, 0.25) is 0 Å². The van der Waals surface area contributed by atoms with Crippen molar-refractivity contribution in [2.24, 2.45) is 7.05 Å². The monoisotopic (exact) mass is 335 g/mol. The Labute approximate surface area is 138 Å². The first-order valence-corrected chi connectivity index (χ1v) is 7.58. The predicted octanol–water partition coefficient (Wildman–Crippen LogP) is -0.0699. The second-order valence-corrected chi connectivity index (χ2v) is 5.69. The molecular weight excluding hydrogens is 314 g/mol. The van der Waals surface area contributed by atoms with Gasteiger partial charge < -0.3 is 9.64 Å². The van der Waals surface area contributed by atoms with E-state index in [1.807, 2.05) is 13.8 Å². The SMILES string of the molecule is COC(=O)CCN(C(=O)Cn1cnc2c(cnn2C)c1=O)C(C)C. The van der Waals surface area contributed by atoms with Gasteiger partial charge in [-0.1, -0.05) is 0 Å². The highest BCUT2D eigenvalue weighted by atomic mass is 16.5. The summed E-state index contributed by atoms with van der Waals surface area (Å²) in [6, 6.07) is -0.104. The van der Waals surface area contributed by atoms with E-state index in [-0.39, 0.29) is 43.0 Å². The van der Waals surface area contributed by atoms with E-state index in [4.69, 9.17) is 0 Å². The summed E-state index contributed by atoms with van der Waals surface area (Å²) in [4.78, 5) is 41.9. The van der Waals surface area contributed by atoms with Crippen LogP contribution in [-0.4, -0.2) is 55.8 Å². The predicted molar refractivity (Wildman–Crippen MR) is 86.3 cm³/mol. The Kier molecular flexibility index (Phi) is 5.32. The Morgan fingerprint density at radius 3 is 2.71 bits per heavy atom. The van der Waals surface area contributed by atoms with Crippen molar-refractivity contribution in [3.63, 3.8) is 0 Å². The molecule has 0 aliphatic heterocycles. The largest absolute Gasteiger partial charge is 0.469 e. The summed E-state index contributed by atoms with van der Waals surface area (Å²) in [5.74, 6) is -0.648. The number of esters is 1. The van der Waals surface area contributed by atoms with Gasteiger partial charge in [0, 0.05) is 19.6 Å². The number of fused-ring (bicyclic) bond motifs is 1. The summed E-state index contributed by atoms with van der Waals surface area (Å²) in [6.07, 6.45) is 2.88. The van der Waals surface area contributed by atoms with E-state index in [1.54, 1.807) is 7.05 Å². The molecule has 2 heterocycles. The van der Waals surface area contributed by atoms with Crippen molar-refractivity contribution in [3.8, 4) is 0 Å². The standard InChI is InChI=1S/C15H21N5O4/c1-10(2)20(6-5-13(22)24-4)12(21)8-19-9-16-14-11(15(19)23)7-17-18(14)3/h7,9-10H,5-6,8H2,1-4H3. The molecule has 0 spiro atoms. The van der Waals surface area contributed by atoms with Crippen molar-refractivity contribution in [1.82, 2.24) is 24.2 Å². The van der Waals surface area contributed by atoms with Crippen LogP contribution < -0.4 is 5.56 Å². The number of aryl methyl sites for hydroxylation is 1. The number of amides is 1. The first kappa shape index (κ1) is 17.6. The summed E-state index contributed by atoms with van der Waals surface area (Å²) in [6.45, 7) is 3.79. The van der Waals surface area contributed by atoms with E-state index < -0.39 is 0 Å². The van der Waals surface area contributed by atoms with Crippen LogP contribution in [0, 0.1) is 0 Å². The van der Waals surface area contributed by atoms with E-state index in [1.165, 1.54) is 33.8 Å². The molecule has 0 bridgehead atoms. The van der Waals surface area contributed by atoms with Gasteiger partial charge in [0.25, 0.3) is 5.56 Å². The molecular formula is C15H21N5O4. The van der Waals surface area contributed by atoms with Crippen molar-refractivity contribution in [2.45, 2.75) is 32.9 Å². The molecule has 2 rings (SSSR count). The zero-order valence-corrected chi connectivity index (χ0v) is 14.2. The average molecular weight is 335 g/mol. The minimum atomic E-state index is -0.385. The van der Waals surface area contributed by atoms with E-state index in [2.05, 4.69) is 14.8 Å². The molecule has 0 fully saturated rings. The smallest absolute Gasteiger partial charge is 0.307 e. The van der Waals surface area contributed by atoms with Crippen molar-refractivity contribution in [3.05, 3.63) is 22.9 Å². The van der Waals surface area contributed by atoms with Gasteiger partial charge in [0.1, 0.15) is 18.3 Å². The maximum Gasteiger partial charge on any atom is 0.307 e. The van der Waals surface area contributed by atoms with Gasteiger partial charge in [-0.05, 0) is 13.8 Å². The Morgan fingerprint density at radius 2 is 2.08 bits per heavy atom. The molecule has 0 radical (unpaired) electrons. The van der Waals surface area contributed by atoms with Crippen molar-refractivity contribution >= 4 is 22.9 Å². The number of carbonyl (C=O) groups is 2. The second kappa shape index (κ2) is 7.24. The molecule has 0 saturated heterocycles. The molecule has 0 aliphatic rings. The molecule has 2 aromatic rings. The minimum absolute atomic E-state index is 0.104. The number of rotatable bonds is 6. The summed E-state index contributed by atoms with van der Waals surface area (Å²) in [5, 5.41) is 4.35. The number of hydrogen-bond donors (Lipinski definition) is 0. The molecule has 9 nitrogen and oxygen atoms in total. The van der Waals surface area contributed by atoms with E-state index in [9.17, 15) is 14.4 Å². The number of aromatic nitrogens is 4. The van der Waals surface area contributed by atoms with Crippen LogP contribution in [0.25, 0.3) is 11.0 Å². The molecule has 2 aromatic heterocycles. The maximum atomic E-state index is 12.5. The van der Waals surface area contributed by atoms with Gasteiger partial charge in [-0.15, -0.1) is 0 Å². The van der Waals surface area contributed by atoms with Crippen LogP contribution in [0.1, 0.15) is 20.3 Å². The number of hydrogen-bond acceptors (Lipinski definition) is 6. The van der Waals surface area contributed by atoms with Gasteiger partial charge in [0.15, 0.2) is 5.65 Å². The summed E-state index contributed by atoms with van der Waals surface area (Å²) in [7, 11) is 3.00. The van der Waals surface area contributed by atoms with Gasteiger partial charge in [0.2, 0.25) is 5.91 Å². The fourth-order valence-corrected chi connectivity index (χ4v) is 2.40. The van der Waals surface area contributed by atoms with Gasteiger partial charge in [-0.2, -0.15) is 5.10 Å². The first-order chi connectivity index (χ1) is 11.3. The fraction of sp³-hybridized carbons (Fsp3) is 0.533. The molecule has 0 unspecified atom stereocenters. The summed E-state index contributed by atoms with van der Waals surface area (Å²) < 4.78 is 7.35. The molecule has 0 saturated carbocycles. The van der Waals surface area contributed by atoms with E-state index in [0.29, 0.717) is 11.0 Å². The van der Waals surface area contributed by atoms with E-state index in [0.717, 1.165) is 0 Å². The highest BCUT2D eigenvalue weighted by Crippen LogP contribution is 2.06. The highest BCUT2D eigenvalue weighted by molar-refractivity contribution is 5.78. The zero-order chi connectivity index (χ0) is 17.9. The second-order valence-electron chi connectivity index (χ2n) is 5.69. The highest BCUT2D eigenvalue weighted by Gasteiger charge is 2.20. The molecule has 0 atom stereocenters. The van der Waals surface area contributed by atoms with Crippen LogP contribution in [0.3, 0.4) is 0 Å². The van der Waals surface area contributed by atoms with Crippen molar-refractivity contribution in [1.29, 1.82) is 0 Å². The van der Waals surface area contributed by atoms with Gasteiger partial charge in [-0.25, -0.2) is 4.98 Å². The number of nitrogens with zero attached hydrogens (tertiary/aromatic N) is 5. The van der Waals surface area contributed by atoms with Crippen LogP contribution in [0.5, 0.6) is 0 Å². The quantitative estimate of drug-likeness (QED) is 0.685. The third-order valence-corrected chi connectivity index (χ3v) is 3.75. The molecule has 1 amide bonds. The lowest BCUT2D eigenvalue weighted by Crippen LogP contribution is -2.42. The molecule has 0 N–H and O–H groups in total. The lowest BCUT2D eigenvalue weighted by molar-refractivity contribution is -0.142. The number of carbonyl (C=O) groups excluding carboxylic acids is 2. The Morgan fingerprint density at radius 1 is 1.38 bits per heavy atom. The molecule has 0 aromatic carbocycles. The maximum absolute atomic E-state index is 12.5. The third-order valence-electron chi connectivity index (χ3n) is 3.75. The lowest BCUT2D eigenvalue weighted by atomic mass is 10.2. The van der Waals surface area contributed by atoms with Crippen LogP contribution in [0.15, 0.2) is 17.3 Å². The number of methoxy groups -OCH3 is 1. The molecule has 0 aliphatic carbocycles. The normalized spacial score (nSPS) is 11.0. The van der Waals surface area contributed by atoms with Crippen LogP contribution in [0.4, 0.5) is 0 Å². The van der Waals surface area contributed by atoms with Crippen LogP contribution >= 0.6 is 0 Å². The van der Waals surface area contributed by atoms with Gasteiger partial charge in [-0.3, -0.25) is 23.6 Å². The van der Waals surface area contributed by atoms with Crippen molar-refractivity contribution in [2.75, 3.05) is 13.7 Å². The fourth-order valence-electron chi connectivity index (χ4n) is 2.40. The molecule has 24 heavy (non-hydrogen) atoms. The molecule has 130 valence electrons. The van der Waals surface area contributed by atoms with Gasteiger partial charge >= 0.3 is 5.97 Å². The van der Waals surface area contributed by atoms with Crippen LogP contribution in [-0.2, 0) is 27.9 Å². The Balaban J connectivity index is 2.18. The molecule has 9 heteroatoms. The zero-order valence-electron chi connectivity index (χ0n) is 14.2. The summed E-state index contributed by atoms with van der Waals surface area (Å²) >= 11 is 0. The Hall–Kier alpha value is -2.71. The topological polar surface area (TPSA) is 99.3 Å². The van der Waals surface area contributed by atoms with E-state index >= 15 is 0 Å².